The predicted octanol–water partition coefficient (Wildman–Crippen LogP) is 5.36. The van der Waals surface area contributed by atoms with Crippen LogP contribution in [0.1, 0.15) is 15.3 Å². The van der Waals surface area contributed by atoms with Gasteiger partial charge in [-0.05, 0) is 40.6 Å². The molecule has 3 heterocycles. The van der Waals surface area contributed by atoms with Gasteiger partial charge in [-0.1, -0.05) is 42.5 Å². The van der Waals surface area contributed by atoms with Crippen LogP contribution in [0.4, 0.5) is 0 Å². The van der Waals surface area contributed by atoms with Crippen LogP contribution in [0, 0.1) is 0 Å². The Morgan fingerprint density at radius 2 is 1.38 bits per heavy atom. The third kappa shape index (κ3) is 4.10. The van der Waals surface area contributed by atoms with E-state index in [0.29, 0.717) is 13.1 Å². The van der Waals surface area contributed by atoms with Gasteiger partial charge in [0.25, 0.3) is 0 Å². The fourth-order valence-corrected chi connectivity index (χ4v) is 4.52. The number of likely N-dealkylation sites (tertiary alicyclic amines) is 1. The van der Waals surface area contributed by atoms with Crippen LogP contribution >= 0.6 is 22.7 Å². The molecule has 4 heteroatoms. The average Bonchev–Trinajstić information content (AvgIpc) is 3.34. The second-order valence-electron chi connectivity index (χ2n) is 6.33. The number of Topliss-reactive ketones (excluding diaryl/α,β-unsaturated/α-hetero) is 1. The zero-order chi connectivity index (χ0) is 17.8. The summed E-state index contributed by atoms with van der Waals surface area (Å²) in [6, 6.07) is 18.6. The third-order valence-corrected chi connectivity index (χ3v) is 5.98. The van der Waals surface area contributed by atoms with E-state index >= 15 is 0 Å². The number of hydrogen-bond acceptors (Lipinski definition) is 4. The van der Waals surface area contributed by atoms with Gasteiger partial charge in [0, 0.05) is 40.5 Å². The molecule has 2 nitrogen and oxygen atoms in total. The van der Waals surface area contributed by atoms with Gasteiger partial charge >= 0.3 is 0 Å². The van der Waals surface area contributed by atoms with E-state index in [9.17, 15) is 4.79 Å². The van der Waals surface area contributed by atoms with E-state index in [1.807, 2.05) is 41.1 Å². The van der Waals surface area contributed by atoms with Crippen LogP contribution in [0.5, 0.6) is 0 Å². The van der Waals surface area contributed by atoms with E-state index in [4.69, 9.17) is 0 Å². The molecule has 0 amide bonds. The van der Waals surface area contributed by atoms with Gasteiger partial charge in [-0.15, -0.1) is 22.7 Å². The minimum absolute atomic E-state index is 0.177. The lowest BCUT2D eigenvalue weighted by Crippen LogP contribution is -2.37. The topological polar surface area (TPSA) is 20.3 Å². The molecule has 4 rings (SSSR count). The van der Waals surface area contributed by atoms with Gasteiger partial charge < -0.3 is 0 Å². The summed E-state index contributed by atoms with van der Waals surface area (Å²) < 4.78 is 0. The second kappa shape index (κ2) is 7.96. The van der Waals surface area contributed by atoms with Gasteiger partial charge in [-0.25, -0.2) is 0 Å². The van der Waals surface area contributed by atoms with Crippen LogP contribution in [0.2, 0.25) is 0 Å². The highest BCUT2D eigenvalue weighted by Crippen LogP contribution is 2.25. The lowest BCUT2D eigenvalue weighted by molar-refractivity contribution is -0.113. The van der Waals surface area contributed by atoms with Crippen molar-refractivity contribution in [1.29, 1.82) is 0 Å². The Bertz CT molecular complexity index is 866. The molecule has 1 aromatic carbocycles. The SMILES string of the molecule is O=C1/C(=C\c2cccs2)CN(Cc2ccccc2)C/C1=C/c1cccs1. The molecule has 0 spiro atoms. The predicted molar refractivity (Wildman–Crippen MR) is 111 cm³/mol. The Hall–Kier alpha value is -2.27. The number of rotatable bonds is 4. The summed E-state index contributed by atoms with van der Waals surface area (Å²) in [5, 5.41) is 4.09. The molecule has 3 aromatic rings. The van der Waals surface area contributed by atoms with E-state index < -0.39 is 0 Å². The number of benzene rings is 1. The normalized spacial score (nSPS) is 18.7. The maximum Gasteiger partial charge on any atom is 0.187 e. The lowest BCUT2D eigenvalue weighted by atomic mass is 9.96. The van der Waals surface area contributed by atoms with Crippen molar-refractivity contribution in [3.63, 3.8) is 0 Å². The van der Waals surface area contributed by atoms with Crippen LogP contribution in [0.25, 0.3) is 12.2 Å². The van der Waals surface area contributed by atoms with E-state index in [2.05, 4.69) is 41.3 Å². The molecule has 2 aromatic heterocycles. The van der Waals surface area contributed by atoms with E-state index in [1.165, 1.54) is 5.56 Å². The Kier molecular flexibility index (Phi) is 5.25. The standard InChI is InChI=1S/C22H19NOS2/c24-22-18(12-20-8-4-10-25-20)15-23(14-17-6-2-1-3-7-17)16-19(22)13-21-9-5-11-26-21/h1-13H,14-16H2/b18-12-,19-13-. The highest BCUT2D eigenvalue weighted by molar-refractivity contribution is 7.11. The molecular weight excluding hydrogens is 358 g/mol. The Morgan fingerprint density at radius 3 is 1.88 bits per heavy atom. The minimum Gasteiger partial charge on any atom is -0.290 e. The summed E-state index contributed by atoms with van der Waals surface area (Å²) in [7, 11) is 0. The zero-order valence-corrected chi connectivity index (χ0v) is 15.9. The molecule has 1 saturated heterocycles. The van der Waals surface area contributed by atoms with Crippen LogP contribution in [0.3, 0.4) is 0 Å². The van der Waals surface area contributed by atoms with Crippen molar-refractivity contribution < 1.29 is 4.79 Å². The van der Waals surface area contributed by atoms with Gasteiger partial charge in [0.15, 0.2) is 5.78 Å². The van der Waals surface area contributed by atoms with Crippen molar-refractivity contribution >= 4 is 40.6 Å². The molecule has 1 fully saturated rings. The number of ketones is 1. The van der Waals surface area contributed by atoms with Gasteiger partial charge in [-0.2, -0.15) is 0 Å². The number of thiophene rings is 2. The largest absolute Gasteiger partial charge is 0.290 e. The monoisotopic (exact) mass is 377 g/mol. The van der Waals surface area contributed by atoms with E-state index in [0.717, 1.165) is 27.4 Å². The van der Waals surface area contributed by atoms with E-state index in [-0.39, 0.29) is 5.78 Å². The summed E-state index contributed by atoms with van der Waals surface area (Å²) >= 11 is 3.33. The van der Waals surface area contributed by atoms with Crippen LogP contribution in [-0.4, -0.2) is 23.8 Å². The minimum atomic E-state index is 0.177. The molecule has 0 aliphatic carbocycles. The Labute approximate surface area is 161 Å². The van der Waals surface area contributed by atoms with Crippen LogP contribution in [-0.2, 0) is 11.3 Å². The molecule has 130 valence electrons. The molecular formula is C22H19NOS2. The first-order valence-corrected chi connectivity index (χ1v) is 10.3. The highest BCUT2D eigenvalue weighted by Gasteiger charge is 2.26. The molecule has 0 N–H and O–H groups in total. The molecule has 0 radical (unpaired) electrons. The number of carbonyl (C=O) groups excluding carboxylic acids is 1. The van der Waals surface area contributed by atoms with Gasteiger partial charge in [0.05, 0.1) is 0 Å². The molecule has 0 atom stereocenters. The fraction of sp³-hybridized carbons (Fsp3) is 0.136. The molecule has 0 saturated carbocycles. The highest BCUT2D eigenvalue weighted by atomic mass is 32.1. The molecule has 0 unspecified atom stereocenters. The van der Waals surface area contributed by atoms with Gasteiger partial charge in [0.2, 0.25) is 0 Å². The number of carbonyl (C=O) groups is 1. The first-order chi connectivity index (χ1) is 12.8. The Morgan fingerprint density at radius 1 is 0.808 bits per heavy atom. The van der Waals surface area contributed by atoms with Crippen molar-refractivity contribution in [2.45, 2.75) is 6.54 Å². The van der Waals surface area contributed by atoms with Crippen molar-refractivity contribution in [2.24, 2.45) is 0 Å². The average molecular weight is 378 g/mol. The van der Waals surface area contributed by atoms with Crippen LogP contribution in [0.15, 0.2) is 76.5 Å². The maximum absolute atomic E-state index is 13.0. The van der Waals surface area contributed by atoms with Crippen molar-refractivity contribution in [2.75, 3.05) is 13.1 Å². The van der Waals surface area contributed by atoms with Crippen LogP contribution < -0.4 is 0 Å². The Balaban J connectivity index is 1.64. The zero-order valence-electron chi connectivity index (χ0n) is 14.3. The number of piperidine rings is 1. The summed E-state index contributed by atoms with van der Waals surface area (Å²) in [5.74, 6) is 0.177. The lowest BCUT2D eigenvalue weighted by Gasteiger charge is -2.29. The molecule has 0 bridgehead atoms. The van der Waals surface area contributed by atoms with Crippen molar-refractivity contribution in [3.05, 3.63) is 91.8 Å². The quantitative estimate of drug-likeness (QED) is 0.570. The molecule has 26 heavy (non-hydrogen) atoms. The summed E-state index contributed by atoms with van der Waals surface area (Å²) in [4.78, 5) is 17.6. The van der Waals surface area contributed by atoms with Gasteiger partial charge in [0.1, 0.15) is 0 Å². The maximum atomic E-state index is 13.0. The summed E-state index contributed by atoms with van der Waals surface area (Å²) in [6.07, 6.45) is 4.10. The number of hydrogen-bond donors (Lipinski definition) is 0. The first kappa shape index (κ1) is 17.2. The first-order valence-electron chi connectivity index (χ1n) is 8.57. The summed E-state index contributed by atoms with van der Waals surface area (Å²) in [5.41, 5.74) is 3.02. The van der Waals surface area contributed by atoms with E-state index in [1.54, 1.807) is 22.7 Å². The van der Waals surface area contributed by atoms with Crippen molar-refractivity contribution in [3.8, 4) is 0 Å². The molecule has 1 aliphatic rings. The van der Waals surface area contributed by atoms with Gasteiger partial charge in [-0.3, -0.25) is 9.69 Å². The second-order valence-corrected chi connectivity index (χ2v) is 8.29. The fourth-order valence-electron chi connectivity index (χ4n) is 3.15. The third-order valence-electron chi connectivity index (χ3n) is 4.34. The smallest absolute Gasteiger partial charge is 0.187 e. The van der Waals surface area contributed by atoms with Crippen molar-refractivity contribution in [1.82, 2.24) is 4.90 Å². The molecule has 1 aliphatic heterocycles. The number of nitrogens with zero attached hydrogens (tertiary/aromatic N) is 1. The summed E-state index contributed by atoms with van der Waals surface area (Å²) in [6.45, 7) is 2.22.